The van der Waals surface area contributed by atoms with E-state index in [1.807, 2.05) is 30.3 Å². The van der Waals surface area contributed by atoms with E-state index in [1.54, 1.807) is 6.08 Å². The van der Waals surface area contributed by atoms with E-state index >= 15 is 0 Å². The molecule has 1 aromatic carbocycles. The van der Waals surface area contributed by atoms with Crippen LogP contribution in [0.2, 0.25) is 18.1 Å². The maximum atomic E-state index is 12.0. The van der Waals surface area contributed by atoms with Crippen LogP contribution in [0.3, 0.4) is 0 Å². The second-order valence-corrected chi connectivity index (χ2v) is 12.3. The standard InChI is InChI=1S/C21H30O3Si/c1-7-20(24-25(5,6)21(2,3)4)16-19(22)14-11-15-23-17-18-12-9-8-10-13-18/h7-10,12-13,20H,1,15-17H2,2-6H3. The summed E-state index contributed by atoms with van der Waals surface area (Å²) in [7, 11) is -1.93. The van der Waals surface area contributed by atoms with Crippen molar-refractivity contribution in [1.82, 2.24) is 0 Å². The molecule has 4 heteroatoms. The van der Waals surface area contributed by atoms with Crippen molar-refractivity contribution in [1.29, 1.82) is 0 Å². The van der Waals surface area contributed by atoms with E-state index in [0.717, 1.165) is 5.56 Å². The smallest absolute Gasteiger partial charge is 0.208 e. The van der Waals surface area contributed by atoms with Gasteiger partial charge in [0.2, 0.25) is 5.78 Å². The highest BCUT2D eigenvalue weighted by atomic mass is 28.4. The Hall–Kier alpha value is -1.67. The highest BCUT2D eigenvalue weighted by molar-refractivity contribution is 6.74. The molecule has 1 unspecified atom stereocenters. The molecular formula is C21H30O3Si. The van der Waals surface area contributed by atoms with Crippen molar-refractivity contribution in [3.05, 3.63) is 48.6 Å². The van der Waals surface area contributed by atoms with Gasteiger partial charge in [-0.25, -0.2) is 0 Å². The van der Waals surface area contributed by atoms with E-state index in [9.17, 15) is 4.79 Å². The van der Waals surface area contributed by atoms with Crippen LogP contribution in [0.5, 0.6) is 0 Å². The molecule has 0 saturated heterocycles. The summed E-state index contributed by atoms with van der Waals surface area (Å²) in [4.78, 5) is 12.0. The second kappa shape index (κ2) is 9.72. The third-order valence-corrected chi connectivity index (χ3v) is 8.92. The minimum Gasteiger partial charge on any atom is -0.410 e. The van der Waals surface area contributed by atoms with Gasteiger partial charge >= 0.3 is 0 Å². The van der Waals surface area contributed by atoms with Gasteiger partial charge in [0, 0.05) is 6.42 Å². The van der Waals surface area contributed by atoms with Crippen LogP contribution in [0.15, 0.2) is 43.0 Å². The zero-order chi connectivity index (χ0) is 18.9. The number of ether oxygens (including phenoxy) is 1. The summed E-state index contributed by atoms with van der Waals surface area (Å²) in [6.07, 6.45) is 1.65. The van der Waals surface area contributed by atoms with Crippen LogP contribution in [0.4, 0.5) is 0 Å². The van der Waals surface area contributed by atoms with Gasteiger partial charge in [-0.05, 0) is 29.6 Å². The summed E-state index contributed by atoms with van der Waals surface area (Å²) >= 11 is 0. The Balaban J connectivity index is 2.43. The van der Waals surface area contributed by atoms with Crippen LogP contribution in [-0.2, 0) is 20.6 Å². The van der Waals surface area contributed by atoms with E-state index in [-0.39, 0.29) is 30.0 Å². The average molecular weight is 359 g/mol. The average Bonchev–Trinajstić information content (AvgIpc) is 2.53. The van der Waals surface area contributed by atoms with Crippen molar-refractivity contribution in [3.63, 3.8) is 0 Å². The number of Topliss-reactive ketones (excluding diaryl/α,β-unsaturated/α-hetero) is 1. The molecule has 0 amide bonds. The molecule has 0 bridgehead atoms. The summed E-state index contributed by atoms with van der Waals surface area (Å²) in [6.45, 7) is 15.4. The first kappa shape index (κ1) is 21.4. The van der Waals surface area contributed by atoms with Gasteiger partial charge in [-0.1, -0.05) is 63.1 Å². The predicted molar refractivity (Wildman–Crippen MR) is 106 cm³/mol. The van der Waals surface area contributed by atoms with Crippen molar-refractivity contribution >= 4 is 14.1 Å². The topological polar surface area (TPSA) is 35.5 Å². The normalized spacial score (nSPS) is 12.8. The minimum absolute atomic E-state index is 0.0915. The third-order valence-electron chi connectivity index (χ3n) is 4.42. The number of hydrogen-bond acceptors (Lipinski definition) is 3. The van der Waals surface area contributed by atoms with E-state index in [1.165, 1.54) is 0 Å². The van der Waals surface area contributed by atoms with E-state index < -0.39 is 8.32 Å². The molecule has 136 valence electrons. The number of carbonyl (C=O) groups is 1. The highest BCUT2D eigenvalue weighted by Gasteiger charge is 2.38. The van der Waals surface area contributed by atoms with Gasteiger partial charge in [0.05, 0.1) is 12.7 Å². The minimum atomic E-state index is -1.93. The third kappa shape index (κ3) is 7.83. The van der Waals surface area contributed by atoms with Crippen LogP contribution in [0, 0.1) is 11.8 Å². The monoisotopic (exact) mass is 358 g/mol. The molecule has 1 atom stereocenters. The Labute approximate surface area is 153 Å². The first-order valence-corrected chi connectivity index (χ1v) is 11.5. The Morgan fingerprint density at radius 3 is 2.48 bits per heavy atom. The zero-order valence-corrected chi connectivity index (χ0v) is 17.1. The Bertz CT molecular complexity index is 618. The summed E-state index contributed by atoms with van der Waals surface area (Å²) < 4.78 is 11.7. The van der Waals surface area contributed by atoms with Gasteiger partial charge in [0.25, 0.3) is 0 Å². The Morgan fingerprint density at radius 1 is 1.28 bits per heavy atom. The quantitative estimate of drug-likeness (QED) is 0.221. The molecule has 0 aliphatic carbocycles. The van der Waals surface area contributed by atoms with Gasteiger partial charge in [-0.2, -0.15) is 0 Å². The summed E-state index contributed by atoms with van der Waals surface area (Å²) in [5, 5.41) is 0.0915. The number of hydrogen-bond donors (Lipinski definition) is 0. The number of ketones is 1. The number of carbonyl (C=O) groups excluding carboxylic acids is 1. The van der Waals surface area contributed by atoms with Crippen LogP contribution in [0.1, 0.15) is 32.8 Å². The molecule has 0 saturated carbocycles. The lowest BCUT2D eigenvalue weighted by molar-refractivity contribution is -0.114. The maximum Gasteiger partial charge on any atom is 0.208 e. The molecule has 3 nitrogen and oxygen atoms in total. The molecule has 0 spiro atoms. The second-order valence-electron chi connectivity index (χ2n) is 7.56. The van der Waals surface area contributed by atoms with Gasteiger partial charge in [0.15, 0.2) is 8.32 Å². The van der Waals surface area contributed by atoms with E-state index in [4.69, 9.17) is 9.16 Å². The molecule has 0 aliphatic rings. The molecule has 0 aromatic heterocycles. The molecule has 0 fully saturated rings. The molecule has 0 heterocycles. The van der Waals surface area contributed by atoms with Crippen molar-refractivity contribution in [2.75, 3.05) is 6.61 Å². The van der Waals surface area contributed by atoms with E-state index in [0.29, 0.717) is 6.61 Å². The lowest BCUT2D eigenvalue weighted by Gasteiger charge is -2.38. The molecule has 0 aliphatic heterocycles. The SMILES string of the molecule is C=CC(CC(=O)C#CCOCc1ccccc1)O[Si](C)(C)C(C)(C)C. The molecule has 0 N–H and O–H groups in total. The fraction of sp³-hybridized carbons (Fsp3) is 0.476. The predicted octanol–water partition coefficient (Wildman–Crippen LogP) is 4.74. The van der Waals surface area contributed by atoms with Crippen molar-refractivity contribution in [2.24, 2.45) is 0 Å². The Kier molecular flexibility index (Phi) is 8.31. The lowest BCUT2D eigenvalue weighted by Crippen LogP contribution is -2.43. The number of benzene rings is 1. The fourth-order valence-corrected chi connectivity index (χ4v) is 3.18. The van der Waals surface area contributed by atoms with Crippen LogP contribution in [-0.4, -0.2) is 26.8 Å². The Morgan fingerprint density at radius 2 is 1.92 bits per heavy atom. The van der Waals surface area contributed by atoms with Crippen LogP contribution < -0.4 is 0 Å². The van der Waals surface area contributed by atoms with Gasteiger partial charge < -0.3 is 9.16 Å². The molecule has 25 heavy (non-hydrogen) atoms. The fourth-order valence-electron chi connectivity index (χ4n) is 1.89. The summed E-state index contributed by atoms with van der Waals surface area (Å²) in [5.41, 5.74) is 1.09. The zero-order valence-electron chi connectivity index (χ0n) is 16.1. The molecular weight excluding hydrogens is 328 g/mol. The maximum absolute atomic E-state index is 12.0. The van der Waals surface area contributed by atoms with E-state index in [2.05, 4.69) is 52.3 Å². The molecule has 0 radical (unpaired) electrons. The van der Waals surface area contributed by atoms with Crippen molar-refractivity contribution in [3.8, 4) is 11.8 Å². The van der Waals surface area contributed by atoms with Gasteiger partial charge in [-0.3, -0.25) is 4.79 Å². The highest BCUT2D eigenvalue weighted by Crippen LogP contribution is 2.37. The summed E-state index contributed by atoms with van der Waals surface area (Å²) in [5.74, 6) is 5.26. The molecule has 1 rings (SSSR count). The first-order valence-electron chi connectivity index (χ1n) is 8.59. The van der Waals surface area contributed by atoms with Gasteiger partial charge in [0.1, 0.15) is 6.61 Å². The van der Waals surface area contributed by atoms with Crippen molar-refractivity contribution < 1.29 is 14.0 Å². The molecule has 1 aromatic rings. The van der Waals surface area contributed by atoms with Crippen molar-refractivity contribution in [2.45, 2.75) is 58.0 Å². The first-order chi connectivity index (χ1) is 11.7. The van der Waals surface area contributed by atoms with Gasteiger partial charge in [-0.15, -0.1) is 6.58 Å². The van der Waals surface area contributed by atoms with Crippen LogP contribution >= 0.6 is 0 Å². The summed E-state index contributed by atoms with van der Waals surface area (Å²) in [6, 6.07) is 9.87. The number of rotatable bonds is 8. The lowest BCUT2D eigenvalue weighted by atomic mass is 10.2. The van der Waals surface area contributed by atoms with Crippen LogP contribution in [0.25, 0.3) is 0 Å². The largest absolute Gasteiger partial charge is 0.410 e.